The van der Waals surface area contributed by atoms with Gasteiger partial charge in [0.1, 0.15) is 0 Å². The Morgan fingerprint density at radius 3 is 1.58 bits per heavy atom. The summed E-state index contributed by atoms with van der Waals surface area (Å²) in [6.07, 6.45) is 0. The number of nitrogens with zero attached hydrogens (tertiary/aromatic N) is 2. The van der Waals surface area contributed by atoms with Gasteiger partial charge in [0.05, 0.1) is 22.4 Å². The van der Waals surface area contributed by atoms with Crippen LogP contribution in [-0.4, -0.2) is 4.57 Å². The van der Waals surface area contributed by atoms with E-state index in [1.165, 1.54) is 81.0 Å². The maximum atomic E-state index is 2.41. The predicted octanol–water partition coefficient (Wildman–Crippen LogP) is 15.6. The third-order valence-electron chi connectivity index (χ3n) is 11.2. The zero-order valence-corrected chi connectivity index (χ0v) is 31.9. The fourth-order valence-corrected chi connectivity index (χ4v) is 9.69. The first-order valence-electron chi connectivity index (χ1n) is 19.4. The van der Waals surface area contributed by atoms with Crippen molar-refractivity contribution in [3.8, 4) is 39.1 Å². The average Bonchev–Trinajstić information content (AvgIpc) is 3.83. The summed E-state index contributed by atoms with van der Waals surface area (Å²) in [5.41, 5.74) is 14.1. The van der Waals surface area contributed by atoms with E-state index in [0.29, 0.717) is 0 Å². The number of para-hydroxylation sites is 4. The highest BCUT2D eigenvalue weighted by Crippen LogP contribution is 2.44. The minimum Gasteiger partial charge on any atom is -0.310 e. The lowest BCUT2D eigenvalue weighted by molar-refractivity contribution is 1.18. The molecular weight excluding hydrogens is 709 g/mol. The van der Waals surface area contributed by atoms with Crippen LogP contribution >= 0.6 is 11.3 Å². The highest BCUT2D eigenvalue weighted by molar-refractivity contribution is 7.25. The van der Waals surface area contributed by atoms with Gasteiger partial charge in [0.15, 0.2) is 0 Å². The fourth-order valence-electron chi connectivity index (χ4n) is 8.55. The number of aromatic nitrogens is 1. The Morgan fingerprint density at radius 1 is 0.333 bits per heavy atom. The molecule has 0 radical (unpaired) electrons. The molecule has 0 saturated heterocycles. The first-order chi connectivity index (χ1) is 28.3. The smallest absolute Gasteiger partial charge is 0.0541 e. The SMILES string of the molecule is c1ccc(-c2ccccc2N(c2ccc(-c3ccc(-c4ccccc4-n4c5ccccc5c5ccccc54)cc3)cc2)c2ccc3c(c2)sc2ccccc23)cc1. The number of benzene rings is 9. The van der Waals surface area contributed by atoms with Crippen molar-refractivity contribution in [2.45, 2.75) is 0 Å². The molecule has 0 saturated carbocycles. The van der Waals surface area contributed by atoms with E-state index in [0.717, 1.165) is 17.1 Å². The van der Waals surface area contributed by atoms with Crippen molar-refractivity contribution in [2.24, 2.45) is 0 Å². The minimum atomic E-state index is 1.11. The molecule has 2 aromatic heterocycles. The van der Waals surface area contributed by atoms with Gasteiger partial charge in [-0.3, -0.25) is 0 Å². The van der Waals surface area contributed by atoms with Crippen LogP contribution in [0.5, 0.6) is 0 Å². The summed E-state index contributed by atoms with van der Waals surface area (Å²) in [5, 5.41) is 5.15. The molecule has 0 unspecified atom stereocenters. The van der Waals surface area contributed by atoms with Crippen molar-refractivity contribution in [1.82, 2.24) is 4.57 Å². The number of rotatable bonds is 7. The van der Waals surface area contributed by atoms with Crippen LogP contribution in [0.2, 0.25) is 0 Å². The molecule has 0 fully saturated rings. The van der Waals surface area contributed by atoms with Crippen molar-refractivity contribution in [1.29, 1.82) is 0 Å². The molecule has 268 valence electrons. The Balaban J connectivity index is 0.977. The van der Waals surface area contributed by atoms with E-state index >= 15 is 0 Å². The normalized spacial score (nSPS) is 11.5. The van der Waals surface area contributed by atoms with E-state index in [2.05, 4.69) is 228 Å². The third-order valence-corrected chi connectivity index (χ3v) is 12.4. The largest absolute Gasteiger partial charge is 0.310 e. The minimum absolute atomic E-state index is 1.11. The topological polar surface area (TPSA) is 8.17 Å². The number of fused-ring (bicyclic) bond motifs is 6. The van der Waals surface area contributed by atoms with Crippen LogP contribution in [0.15, 0.2) is 218 Å². The molecule has 2 nitrogen and oxygen atoms in total. The monoisotopic (exact) mass is 744 g/mol. The number of hydrogen-bond donors (Lipinski definition) is 0. The second-order valence-electron chi connectivity index (χ2n) is 14.5. The molecule has 11 rings (SSSR count). The van der Waals surface area contributed by atoms with Crippen molar-refractivity contribution >= 4 is 70.4 Å². The van der Waals surface area contributed by atoms with Gasteiger partial charge in [-0.25, -0.2) is 0 Å². The summed E-state index contributed by atoms with van der Waals surface area (Å²) in [6, 6.07) is 79.3. The summed E-state index contributed by atoms with van der Waals surface area (Å²) >= 11 is 1.86. The van der Waals surface area contributed by atoms with Crippen molar-refractivity contribution in [3.63, 3.8) is 0 Å². The molecule has 0 aliphatic rings. The van der Waals surface area contributed by atoms with Gasteiger partial charge < -0.3 is 9.47 Å². The van der Waals surface area contributed by atoms with E-state index in [4.69, 9.17) is 0 Å². The van der Waals surface area contributed by atoms with Crippen molar-refractivity contribution in [2.75, 3.05) is 4.90 Å². The summed E-state index contributed by atoms with van der Waals surface area (Å²) in [5.74, 6) is 0. The summed E-state index contributed by atoms with van der Waals surface area (Å²) < 4.78 is 5.01. The lowest BCUT2D eigenvalue weighted by atomic mass is 9.98. The highest BCUT2D eigenvalue weighted by Gasteiger charge is 2.19. The number of hydrogen-bond acceptors (Lipinski definition) is 2. The molecule has 57 heavy (non-hydrogen) atoms. The Morgan fingerprint density at radius 2 is 0.842 bits per heavy atom. The van der Waals surface area contributed by atoms with E-state index < -0.39 is 0 Å². The molecule has 0 aliphatic carbocycles. The van der Waals surface area contributed by atoms with Crippen LogP contribution in [0.3, 0.4) is 0 Å². The number of anilines is 3. The Kier molecular flexibility index (Phi) is 8.04. The van der Waals surface area contributed by atoms with Gasteiger partial charge in [0.25, 0.3) is 0 Å². The molecule has 0 bridgehead atoms. The second-order valence-corrected chi connectivity index (χ2v) is 15.6. The third kappa shape index (κ3) is 5.71. The highest BCUT2D eigenvalue weighted by atomic mass is 32.1. The lowest BCUT2D eigenvalue weighted by Crippen LogP contribution is -2.11. The Labute approximate surface area is 335 Å². The average molecular weight is 745 g/mol. The molecule has 3 heteroatoms. The molecule has 9 aromatic carbocycles. The van der Waals surface area contributed by atoms with E-state index in [1.807, 2.05) is 11.3 Å². The van der Waals surface area contributed by atoms with Gasteiger partial charge in [-0.1, -0.05) is 164 Å². The quantitative estimate of drug-likeness (QED) is 0.158. The van der Waals surface area contributed by atoms with Crippen LogP contribution in [0.4, 0.5) is 17.1 Å². The van der Waals surface area contributed by atoms with Crippen LogP contribution in [0.1, 0.15) is 0 Å². The maximum absolute atomic E-state index is 2.41. The van der Waals surface area contributed by atoms with Gasteiger partial charge in [0, 0.05) is 53.4 Å². The Hall–Kier alpha value is -7.20. The van der Waals surface area contributed by atoms with Crippen LogP contribution in [-0.2, 0) is 0 Å². The van der Waals surface area contributed by atoms with Gasteiger partial charge >= 0.3 is 0 Å². The Bertz CT molecular complexity index is 3170. The zero-order valence-electron chi connectivity index (χ0n) is 31.1. The summed E-state index contributed by atoms with van der Waals surface area (Å²) in [4.78, 5) is 2.41. The fraction of sp³-hybridized carbons (Fsp3) is 0. The van der Waals surface area contributed by atoms with Crippen LogP contribution in [0.25, 0.3) is 81.0 Å². The second kappa shape index (κ2) is 13.8. The molecule has 0 aliphatic heterocycles. The molecule has 11 aromatic rings. The molecular formula is C54H36N2S. The van der Waals surface area contributed by atoms with Gasteiger partial charge in [0.2, 0.25) is 0 Å². The van der Waals surface area contributed by atoms with Crippen molar-refractivity contribution in [3.05, 3.63) is 218 Å². The summed E-state index contributed by atoms with van der Waals surface area (Å²) in [7, 11) is 0. The molecule has 0 N–H and O–H groups in total. The van der Waals surface area contributed by atoms with E-state index in [-0.39, 0.29) is 0 Å². The van der Waals surface area contributed by atoms with Crippen LogP contribution < -0.4 is 4.90 Å². The van der Waals surface area contributed by atoms with E-state index in [1.54, 1.807) is 0 Å². The van der Waals surface area contributed by atoms with Gasteiger partial charge in [-0.15, -0.1) is 11.3 Å². The maximum Gasteiger partial charge on any atom is 0.0541 e. The molecule has 0 amide bonds. The zero-order chi connectivity index (χ0) is 37.7. The van der Waals surface area contributed by atoms with Crippen LogP contribution in [0, 0.1) is 0 Å². The molecule has 0 spiro atoms. The molecule has 0 atom stereocenters. The van der Waals surface area contributed by atoms with Gasteiger partial charge in [-0.05, 0) is 76.9 Å². The van der Waals surface area contributed by atoms with Crippen molar-refractivity contribution < 1.29 is 0 Å². The van der Waals surface area contributed by atoms with Gasteiger partial charge in [-0.2, -0.15) is 0 Å². The first-order valence-corrected chi connectivity index (χ1v) is 20.2. The molecule has 2 heterocycles. The standard InChI is InChI=1S/C54H36N2S/c1-2-14-39(15-3-1)43-16-4-9-21-49(43)55(42-34-35-48-47-20-8-13-25-53(47)57-54(48)36-42)41-32-30-38(31-33-41)37-26-28-40(29-27-37)44-17-5-10-22-50(44)56-51-23-11-6-18-45(51)46-19-7-12-24-52(46)56/h1-36H. The number of thiophene rings is 1. The summed E-state index contributed by atoms with van der Waals surface area (Å²) in [6.45, 7) is 0. The first kappa shape index (κ1) is 33.2. The predicted molar refractivity (Wildman–Crippen MR) is 245 cm³/mol. The van der Waals surface area contributed by atoms with E-state index in [9.17, 15) is 0 Å². The lowest BCUT2D eigenvalue weighted by Gasteiger charge is -2.28.